The number of ether oxygens (including phenoxy) is 1. The summed E-state index contributed by atoms with van der Waals surface area (Å²) in [6.45, 7) is 3.86. The van der Waals surface area contributed by atoms with Gasteiger partial charge in [-0.3, -0.25) is 4.79 Å². The van der Waals surface area contributed by atoms with Gasteiger partial charge in [-0.05, 0) is 72.8 Å². The van der Waals surface area contributed by atoms with Crippen LogP contribution in [0, 0.1) is 5.41 Å². The second kappa shape index (κ2) is 7.71. The lowest BCUT2D eigenvalue weighted by atomic mass is 10.0. The van der Waals surface area contributed by atoms with Crippen LogP contribution in [0.1, 0.15) is 30.9 Å². The fourth-order valence-electron chi connectivity index (χ4n) is 4.33. The number of anilines is 1. The number of hydrogen-bond acceptors (Lipinski definition) is 5. The van der Waals surface area contributed by atoms with Crippen molar-refractivity contribution in [2.24, 2.45) is 5.41 Å². The van der Waals surface area contributed by atoms with Crippen molar-refractivity contribution < 1.29 is 9.53 Å². The highest BCUT2D eigenvalue weighted by Gasteiger charge is 2.45. The number of carbonyl (C=O) groups is 1. The summed E-state index contributed by atoms with van der Waals surface area (Å²) < 4.78 is 6.35. The molecule has 4 aromatic rings. The molecule has 0 radical (unpaired) electrons. The van der Waals surface area contributed by atoms with Gasteiger partial charge in [-0.15, -0.1) is 0 Å². The number of amides is 1. The number of H-pyrrole nitrogens is 1. The lowest BCUT2D eigenvalue weighted by Gasteiger charge is -2.18. The van der Waals surface area contributed by atoms with Crippen molar-refractivity contribution >= 4 is 22.8 Å². The summed E-state index contributed by atoms with van der Waals surface area (Å²) in [5.41, 5.74) is 5.01. The minimum absolute atomic E-state index is 0.0265. The minimum atomic E-state index is -0.256. The Labute approximate surface area is 191 Å². The third-order valence-corrected chi connectivity index (χ3v) is 6.69. The smallest absolute Gasteiger partial charge is 0.231 e. The molecule has 1 saturated carbocycles. The second-order valence-electron chi connectivity index (χ2n) is 9.14. The summed E-state index contributed by atoms with van der Waals surface area (Å²) in [6, 6.07) is 12.0. The van der Waals surface area contributed by atoms with E-state index in [4.69, 9.17) is 4.74 Å². The molecule has 0 bridgehead atoms. The highest BCUT2D eigenvalue weighted by Crippen LogP contribution is 2.46. The molecule has 1 aliphatic heterocycles. The number of aromatic nitrogens is 3. The Kier molecular flexibility index (Phi) is 4.66. The lowest BCUT2D eigenvalue weighted by molar-refractivity contribution is -0.120. The van der Waals surface area contributed by atoms with Gasteiger partial charge in [0.1, 0.15) is 23.0 Å². The zero-order chi connectivity index (χ0) is 22.4. The van der Waals surface area contributed by atoms with Crippen molar-refractivity contribution in [3.8, 4) is 22.6 Å². The number of aromatic amines is 1. The monoisotopic (exact) mass is 439 g/mol. The predicted octanol–water partition coefficient (Wildman–Crippen LogP) is 4.80. The normalized spacial score (nSPS) is 16.3. The van der Waals surface area contributed by atoms with Crippen LogP contribution in [-0.4, -0.2) is 27.4 Å². The molecule has 0 atom stereocenters. The second-order valence-corrected chi connectivity index (χ2v) is 9.14. The molecule has 1 amide bonds. The molecular weight excluding hydrogens is 414 g/mol. The molecule has 2 aliphatic rings. The predicted molar refractivity (Wildman–Crippen MR) is 127 cm³/mol. The van der Waals surface area contributed by atoms with E-state index in [1.165, 1.54) is 11.1 Å². The van der Waals surface area contributed by atoms with Crippen molar-refractivity contribution in [1.82, 2.24) is 20.3 Å². The standard InChI is InChI=1S/C26H25N5O2/c1-26(7-8-26)25(32)31-22-13-17(5-10-28-22)20-15-30-24-23(20)21(6-11-29-24)33-19-3-2-16-4-9-27-14-18(16)12-19/h2-3,5-6,10-13,15,27H,4,7-9,14H2,1H3,(H,29,30)(H,28,31,32). The first-order valence-electron chi connectivity index (χ1n) is 11.3. The molecule has 3 aromatic heterocycles. The Morgan fingerprint density at radius 2 is 1.97 bits per heavy atom. The fraction of sp³-hybridized carbons (Fsp3) is 0.269. The molecule has 1 fully saturated rings. The number of nitrogens with one attached hydrogen (secondary N) is 3. The Bertz CT molecular complexity index is 1370. The SMILES string of the molecule is CC1(C(=O)Nc2cc(-c3c[nH]c4nccc(Oc5ccc6c(c5)CNCC6)c34)ccn2)CC1. The molecule has 1 aliphatic carbocycles. The maximum atomic E-state index is 12.5. The summed E-state index contributed by atoms with van der Waals surface area (Å²) >= 11 is 0. The average Bonchev–Trinajstić information content (AvgIpc) is 3.44. The molecule has 7 heteroatoms. The molecule has 4 heterocycles. The molecule has 0 spiro atoms. The van der Waals surface area contributed by atoms with E-state index in [1.807, 2.05) is 37.4 Å². The summed E-state index contributed by atoms with van der Waals surface area (Å²) in [5, 5.41) is 7.27. The largest absolute Gasteiger partial charge is 0.457 e. The van der Waals surface area contributed by atoms with Crippen molar-refractivity contribution in [1.29, 1.82) is 0 Å². The Morgan fingerprint density at radius 1 is 1.09 bits per heavy atom. The number of fused-ring (bicyclic) bond motifs is 2. The minimum Gasteiger partial charge on any atom is -0.457 e. The van der Waals surface area contributed by atoms with Gasteiger partial charge in [0.05, 0.1) is 5.39 Å². The third kappa shape index (κ3) is 3.74. The van der Waals surface area contributed by atoms with Gasteiger partial charge in [0, 0.05) is 36.1 Å². The van der Waals surface area contributed by atoms with Gasteiger partial charge in [-0.25, -0.2) is 9.97 Å². The van der Waals surface area contributed by atoms with Crippen molar-refractivity contribution in [3.63, 3.8) is 0 Å². The van der Waals surface area contributed by atoms with Crippen LogP contribution in [0.4, 0.5) is 5.82 Å². The maximum absolute atomic E-state index is 12.5. The van der Waals surface area contributed by atoms with Crippen LogP contribution in [-0.2, 0) is 17.8 Å². The molecule has 6 rings (SSSR count). The van der Waals surface area contributed by atoms with Crippen LogP contribution < -0.4 is 15.4 Å². The summed E-state index contributed by atoms with van der Waals surface area (Å²) in [7, 11) is 0. The van der Waals surface area contributed by atoms with Gasteiger partial charge in [0.25, 0.3) is 0 Å². The lowest BCUT2D eigenvalue weighted by Crippen LogP contribution is -2.23. The quantitative estimate of drug-likeness (QED) is 0.415. The van der Waals surface area contributed by atoms with E-state index in [9.17, 15) is 4.79 Å². The van der Waals surface area contributed by atoms with Crippen LogP contribution in [0.5, 0.6) is 11.5 Å². The van der Waals surface area contributed by atoms with Gasteiger partial charge in [-0.2, -0.15) is 0 Å². The zero-order valence-corrected chi connectivity index (χ0v) is 18.4. The van der Waals surface area contributed by atoms with Gasteiger partial charge < -0.3 is 20.4 Å². The Balaban J connectivity index is 1.34. The van der Waals surface area contributed by atoms with E-state index in [1.54, 1.807) is 12.4 Å². The zero-order valence-electron chi connectivity index (χ0n) is 18.4. The first kappa shape index (κ1) is 19.9. The van der Waals surface area contributed by atoms with Crippen molar-refractivity contribution in [2.45, 2.75) is 32.7 Å². The van der Waals surface area contributed by atoms with Crippen LogP contribution in [0.25, 0.3) is 22.2 Å². The number of benzene rings is 1. The van der Waals surface area contributed by atoms with E-state index in [2.05, 4.69) is 37.7 Å². The number of hydrogen-bond donors (Lipinski definition) is 3. The summed E-state index contributed by atoms with van der Waals surface area (Å²) in [6.07, 6.45) is 8.26. The molecule has 7 nitrogen and oxygen atoms in total. The Hall–Kier alpha value is -3.71. The first-order chi connectivity index (χ1) is 16.1. The van der Waals surface area contributed by atoms with E-state index in [-0.39, 0.29) is 11.3 Å². The summed E-state index contributed by atoms with van der Waals surface area (Å²) in [5.74, 6) is 2.11. The van der Waals surface area contributed by atoms with Crippen LogP contribution in [0.3, 0.4) is 0 Å². The highest BCUT2D eigenvalue weighted by atomic mass is 16.5. The molecular formula is C26H25N5O2. The van der Waals surface area contributed by atoms with Crippen molar-refractivity contribution in [3.05, 3.63) is 66.1 Å². The van der Waals surface area contributed by atoms with Gasteiger partial charge in [-0.1, -0.05) is 13.0 Å². The number of pyridine rings is 2. The van der Waals surface area contributed by atoms with Crippen LogP contribution in [0.15, 0.2) is 55.0 Å². The van der Waals surface area contributed by atoms with Crippen molar-refractivity contribution in [2.75, 3.05) is 11.9 Å². The number of rotatable bonds is 5. The van der Waals surface area contributed by atoms with Crippen LogP contribution in [0.2, 0.25) is 0 Å². The van der Waals surface area contributed by atoms with Gasteiger partial charge >= 0.3 is 0 Å². The summed E-state index contributed by atoms with van der Waals surface area (Å²) in [4.78, 5) is 24.5. The molecule has 0 saturated heterocycles. The van der Waals surface area contributed by atoms with E-state index in [0.717, 1.165) is 66.0 Å². The molecule has 33 heavy (non-hydrogen) atoms. The molecule has 1 aromatic carbocycles. The first-order valence-corrected chi connectivity index (χ1v) is 11.3. The molecule has 3 N–H and O–H groups in total. The molecule has 0 unspecified atom stereocenters. The third-order valence-electron chi connectivity index (χ3n) is 6.69. The number of carbonyl (C=O) groups excluding carboxylic acids is 1. The number of nitrogens with zero attached hydrogens (tertiary/aromatic N) is 2. The van der Waals surface area contributed by atoms with E-state index in [0.29, 0.717) is 5.82 Å². The van der Waals surface area contributed by atoms with E-state index >= 15 is 0 Å². The van der Waals surface area contributed by atoms with Gasteiger partial charge in [0.15, 0.2) is 0 Å². The Morgan fingerprint density at radius 3 is 2.85 bits per heavy atom. The van der Waals surface area contributed by atoms with Gasteiger partial charge in [0.2, 0.25) is 5.91 Å². The highest BCUT2D eigenvalue weighted by molar-refractivity contribution is 6.00. The molecule has 166 valence electrons. The topological polar surface area (TPSA) is 91.9 Å². The average molecular weight is 440 g/mol. The van der Waals surface area contributed by atoms with E-state index < -0.39 is 0 Å². The maximum Gasteiger partial charge on any atom is 0.231 e. The fourth-order valence-corrected chi connectivity index (χ4v) is 4.33. The van der Waals surface area contributed by atoms with Crippen LogP contribution >= 0.6 is 0 Å².